The highest BCUT2D eigenvalue weighted by molar-refractivity contribution is 5.88. The second-order valence-electron chi connectivity index (χ2n) is 1.56. The van der Waals surface area contributed by atoms with Gasteiger partial charge in [-0.2, -0.15) is 0 Å². The molecule has 0 aliphatic rings. The Morgan fingerprint density at radius 1 is 1.55 bits per heavy atom. The van der Waals surface area contributed by atoms with Crippen LogP contribution in [0.2, 0.25) is 0 Å². The third-order valence-corrected chi connectivity index (χ3v) is 0.727. The van der Waals surface area contributed by atoms with Crippen LogP contribution in [-0.4, -0.2) is 18.7 Å². The summed E-state index contributed by atoms with van der Waals surface area (Å²) in [6.45, 7) is 4.93. The van der Waals surface area contributed by atoms with Crippen LogP contribution in [0.15, 0.2) is 12.3 Å². The minimum atomic E-state index is -1.08. The number of amides is 1. The summed E-state index contributed by atoms with van der Waals surface area (Å²) in [6, 6.07) is 0. The standard InChI is InChI=1S/C6H9NO4/c1-3-10-5(8)4(2)11-6(7)9/h2-3H2,1H3,(H2,7,9). The largest absolute Gasteiger partial charge is 0.460 e. The summed E-state index contributed by atoms with van der Waals surface area (Å²) < 4.78 is 8.57. The van der Waals surface area contributed by atoms with Gasteiger partial charge in [0.15, 0.2) is 0 Å². The zero-order valence-corrected chi connectivity index (χ0v) is 6.12. The minimum absolute atomic E-state index is 0.194. The van der Waals surface area contributed by atoms with Gasteiger partial charge in [-0.25, -0.2) is 9.59 Å². The first kappa shape index (κ1) is 9.48. The van der Waals surface area contributed by atoms with Gasteiger partial charge in [0.25, 0.3) is 0 Å². The van der Waals surface area contributed by atoms with Gasteiger partial charge in [0.1, 0.15) is 0 Å². The summed E-state index contributed by atoms with van der Waals surface area (Å²) in [5.41, 5.74) is 4.60. The molecule has 0 aliphatic heterocycles. The molecule has 5 heteroatoms. The first-order chi connectivity index (χ1) is 5.07. The topological polar surface area (TPSA) is 78.6 Å². The lowest BCUT2D eigenvalue weighted by Gasteiger charge is -2.02. The Bertz CT molecular complexity index is 187. The van der Waals surface area contributed by atoms with E-state index in [-0.39, 0.29) is 6.61 Å². The molecule has 1 amide bonds. The average molecular weight is 159 g/mol. The van der Waals surface area contributed by atoms with Crippen LogP contribution in [0.3, 0.4) is 0 Å². The van der Waals surface area contributed by atoms with E-state index >= 15 is 0 Å². The Morgan fingerprint density at radius 3 is 2.45 bits per heavy atom. The second-order valence-corrected chi connectivity index (χ2v) is 1.56. The Balaban J connectivity index is 3.83. The minimum Gasteiger partial charge on any atom is -0.460 e. The monoisotopic (exact) mass is 159 g/mol. The number of esters is 1. The molecule has 0 spiro atoms. The van der Waals surface area contributed by atoms with Gasteiger partial charge in [-0.15, -0.1) is 0 Å². The number of ether oxygens (including phenoxy) is 2. The molecule has 0 saturated heterocycles. The fourth-order valence-electron chi connectivity index (χ4n) is 0.375. The zero-order chi connectivity index (χ0) is 8.85. The lowest BCUT2D eigenvalue weighted by atomic mass is 10.6. The highest BCUT2D eigenvalue weighted by Crippen LogP contribution is 1.95. The fourth-order valence-corrected chi connectivity index (χ4v) is 0.375. The Morgan fingerprint density at radius 2 is 2.09 bits per heavy atom. The average Bonchev–Trinajstić information content (AvgIpc) is 1.86. The highest BCUT2D eigenvalue weighted by Gasteiger charge is 2.10. The van der Waals surface area contributed by atoms with Gasteiger partial charge in [0.2, 0.25) is 5.76 Å². The SMILES string of the molecule is C=C(OC(N)=O)C(=O)OCC. The number of primary amides is 1. The summed E-state index contributed by atoms with van der Waals surface area (Å²) in [7, 11) is 0. The maximum Gasteiger partial charge on any atom is 0.410 e. The van der Waals surface area contributed by atoms with E-state index in [2.05, 4.69) is 21.8 Å². The molecule has 0 rings (SSSR count). The number of rotatable bonds is 3. The van der Waals surface area contributed by atoms with Crippen molar-refractivity contribution in [2.45, 2.75) is 6.92 Å². The molecule has 0 saturated carbocycles. The van der Waals surface area contributed by atoms with Crippen molar-refractivity contribution < 1.29 is 19.1 Å². The van der Waals surface area contributed by atoms with E-state index < -0.39 is 17.8 Å². The van der Waals surface area contributed by atoms with E-state index in [1.165, 1.54) is 0 Å². The molecule has 0 aromatic heterocycles. The van der Waals surface area contributed by atoms with Crippen molar-refractivity contribution >= 4 is 12.1 Å². The Kier molecular flexibility index (Phi) is 3.72. The smallest absolute Gasteiger partial charge is 0.410 e. The Labute approximate surface area is 63.8 Å². The third-order valence-electron chi connectivity index (χ3n) is 0.727. The van der Waals surface area contributed by atoms with E-state index in [9.17, 15) is 9.59 Å². The van der Waals surface area contributed by atoms with Crippen molar-refractivity contribution in [2.75, 3.05) is 6.61 Å². The van der Waals surface area contributed by atoms with Crippen LogP contribution >= 0.6 is 0 Å². The molecule has 0 atom stereocenters. The first-order valence-corrected chi connectivity index (χ1v) is 2.91. The van der Waals surface area contributed by atoms with Crippen LogP contribution in [0.1, 0.15) is 6.92 Å². The van der Waals surface area contributed by atoms with E-state index in [0.29, 0.717) is 0 Å². The highest BCUT2D eigenvalue weighted by atomic mass is 16.6. The molecule has 11 heavy (non-hydrogen) atoms. The van der Waals surface area contributed by atoms with Gasteiger partial charge in [0.05, 0.1) is 6.61 Å². The van der Waals surface area contributed by atoms with Crippen LogP contribution in [0, 0.1) is 0 Å². The third kappa shape index (κ3) is 3.96. The zero-order valence-electron chi connectivity index (χ0n) is 6.12. The van der Waals surface area contributed by atoms with Crippen LogP contribution in [0.25, 0.3) is 0 Å². The first-order valence-electron chi connectivity index (χ1n) is 2.91. The predicted octanol–water partition coefficient (Wildman–Crippen LogP) is 0.158. The molecule has 0 heterocycles. The summed E-state index contributed by atoms with van der Waals surface area (Å²) in [5, 5.41) is 0. The second kappa shape index (κ2) is 4.32. The van der Waals surface area contributed by atoms with Gasteiger partial charge in [0, 0.05) is 0 Å². The van der Waals surface area contributed by atoms with Gasteiger partial charge in [-0.1, -0.05) is 0 Å². The molecule has 0 unspecified atom stereocenters. The van der Waals surface area contributed by atoms with Crippen LogP contribution < -0.4 is 5.73 Å². The fraction of sp³-hybridized carbons (Fsp3) is 0.333. The van der Waals surface area contributed by atoms with Crippen molar-refractivity contribution in [1.29, 1.82) is 0 Å². The van der Waals surface area contributed by atoms with Crippen molar-refractivity contribution in [3.05, 3.63) is 12.3 Å². The van der Waals surface area contributed by atoms with Gasteiger partial charge in [-0.05, 0) is 13.5 Å². The lowest BCUT2D eigenvalue weighted by molar-refractivity contribution is -0.141. The molecule has 0 radical (unpaired) electrons. The van der Waals surface area contributed by atoms with Crippen molar-refractivity contribution in [1.82, 2.24) is 0 Å². The molecule has 0 aliphatic carbocycles. The molecule has 0 aromatic rings. The van der Waals surface area contributed by atoms with E-state index in [1.807, 2.05) is 0 Å². The normalized spacial score (nSPS) is 8.45. The van der Waals surface area contributed by atoms with Crippen molar-refractivity contribution in [3.63, 3.8) is 0 Å². The number of hydrogen-bond donors (Lipinski definition) is 1. The Hall–Kier alpha value is -1.52. The van der Waals surface area contributed by atoms with Crippen LogP contribution in [0.5, 0.6) is 0 Å². The summed E-state index contributed by atoms with van der Waals surface area (Å²) in [4.78, 5) is 20.7. The van der Waals surface area contributed by atoms with Gasteiger partial charge in [-0.3, -0.25) is 0 Å². The van der Waals surface area contributed by atoms with E-state index in [1.54, 1.807) is 6.92 Å². The molecule has 0 aromatic carbocycles. The van der Waals surface area contributed by atoms with Crippen LogP contribution in [-0.2, 0) is 14.3 Å². The molecule has 0 bridgehead atoms. The molecule has 0 fully saturated rings. The number of nitrogens with two attached hydrogens (primary N) is 1. The van der Waals surface area contributed by atoms with Crippen LogP contribution in [0.4, 0.5) is 4.79 Å². The van der Waals surface area contributed by atoms with E-state index in [4.69, 9.17) is 0 Å². The maximum atomic E-state index is 10.6. The molecule has 62 valence electrons. The van der Waals surface area contributed by atoms with Crippen molar-refractivity contribution in [2.24, 2.45) is 5.73 Å². The molecule has 5 nitrogen and oxygen atoms in total. The molecular formula is C6H9NO4. The number of carbonyl (C=O) groups excluding carboxylic acids is 2. The van der Waals surface area contributed by atoms with Gasteiger partial charge < -0.3 is 15.2 Å². The maximum absolute atomic E-state index is 10.6. The summed E-state index contributed by atoms with van der Waals surface area (Å²) >= 11 is 0. The number of carbonyl (C=O) groups is 2. The lowest BCUT2D eigenvalue weighted by Crippen LogP contribution is -2.18. The molecule has 2 N–H and O–H groups in total. The predicted molar refractivity (Wildman–Crippen MR) is 36.4 cm³/mol. The summed E-state index contributed by atoms with van der Waals surface area (Å²) in [6.07, 6.45) is -1.08. The van der Waals surface area contributed by atoms with Crippen molar-refractivity contribution in [3.8, 4) is 0 Å². The van der Waals surface area contributed by atoms with Gasteiger partial charge >= 0.3 is 12.1 Å². The quantitative estimate of drug-likeness (QED) is 0.361. The summed E-state index contributed by atoms with van der Waals surface area (Å²) in [5.74, 6) is -1.19. The molecular weight excluding hydrogens is 150 g/mol. The number of hydrogen-bond acceptors (Lipinski definition) is 4. The van der Waals surface area contributed by atoms with E-state index in [0.717, 1.165) is 0 Å².